The van der Waals surface area contributed by atoms with Crippen molar-refractivity contribution in [3.63, 3.8) is 0 Å². The molecule has 4 nitrogen and oxygen atoms in total. The predicted molar refractivity (Wildman–Crippen MR) is 63.1 cm³/mol. The third-order valence-electron chi connectivity index (χ3n) is 1.99. The second kappa shape index (κ2) is 6.22. The monoisotopic (exact) mass is 238 g/mol. The lowest BCUT2D eigenvalue weighted by Gasteiger charge is -2.12. The van der Waals surface area contributed by atoms with E-state index in [1.165, 1.54) is 14.2 Å². The maximum Gasteiger partial charge on any atom is 0.551 e. The fourth-order valence-electron chi connectivity index (χ4n) is 1.20. The molecule has 0 saturated heterocycles. The third-order valence-corrected chi connectivity index (χ3v) is 3.17. The Hall–Kier alpha value is -1.43. The van der Waals surface area contributed by atoms with Crippen LogP contribution in [-0.2, 0) is 13.3 Å². The van der Waals surface area contributed by atoms with Crippen LogP contribution >= 0.6 is 0 Å². The smallest absolute Gasteiger partial charge is 0.472 e. The molecule has 1 aromatic rings. The molecule has 0 aliphatic carbocycles. The van der Waals surface area contributed by atoms with Crippen LogP contribution in [0.2, 0.25) is 0 Å². The summed E-state index contributed by atoms with van der Waals surface area (Å²) in [5.41, 5.74) is 1.19. The molecule has 0 radical (unpaired) electrons. The number of benzene rings is 1. The standard InChI is InChI=1S/C11H14O4Si/c1-4-9-7-5-6-8-10(9)11(12)15-16(13-2)14-3/h4-8,16H,1H2,2-3H3. The van der Waals surface area contributed by atoms with Gasteiger partial charge in [-0.15, -0.1) is 0 Å². The quantitative estimate of drug-likeness (QED) is 0.729. The molecule has 0 aliphatic heterocycles. The van der Waals surface area contributed by atoms with Crippen LogP contribution in [0.4, 0.5) is 0 Å². The molecule has 1 aromatic carbocycles. The molecule has 16 heavy (non-hydrogen) atoms. The summed E-state index contributed by atoms with van der Waals surface area (Å²) in [7, 11) is 0.568. The second-order valence-corrected chi connectivity index (χ2v) is 4.71. The van der Waals surface area contributed by atoms with Gasteiger partial charge in [-0.2, -0.15) is 0 Å². The van der Waals surface area contributed by atoms with Crippen LogP contribution in [0.3, 0.4) is 0 Å². The second-order valence-electron chi connectivity index (χ2n) is 2.96. The minimum Gasteiger partial charge on any atom is -0.472 e. The zero-order valence-electron chi connectivity index (χ0n) is 9.30. The van der Waals surface area contributed by atoms with E-state index in [1.54, 1.807) is 24.3 Å². The van der Waals surface area contributed by atoms with Crippen molar-refractivity contribution in [3.8, 4) is 0 Å². The van der Waals surface area contributed by atoms with Crippen molar-refractivity contribution in [2.24, 2.45) is 0 Å². The van der Waals surface area contributed by atoms with Gasteiger partial charge < -0.3 is 13.3 Å². The highest BCUT2D eigenvalue weighted by atomic mass is 28.3. The van der Waals surface area contributed by atoms with E-state index in [1.807, 2.05) is 6.07 Å². The topological polar surface area (TPSA) is 44.8 Å². The first-order chi connectivity index (χ1) is 7.72. The number of hydrogen-bond acceptors (Lipinski definition) is 4. The first kappa shape index (κ1) is 12.6. The van der Waals surface area contributed by atoms with Gasteiger partial charge in [-0.25, -0.2) is 4.79 Å². The van der Waals surface area contributed by atoms with Gasteiger partial charge in [0.2, 0.25) is 0 Å². The Kier molecular flexibility index (Phi) is 4.91. The van der Waals surface area contributed by atoms with Crippen LogP contribution in [0.15, 0.2) is 30.8 Å². The van der Waals surface area contributed by atoms with E-state index in [-0.39, 0.29) is 0 Å². The predicted octanol–water partition coefficient (Wildman–Crippen LogP) is 1.50. The lowest BCUT2D eigenvalue weighted by molar-refractivity contribution is 0.0598. The molecule has 0 aliphatic rings. The Bertz CT molecular complexity index is 374. The number of carbonyl (C=O) groups is 1. The molecular weight excluding hydrogens is 224 g/mol. The van der Waals surface area contributed by atoms with Crippen LogP contribution < -0.4 is 0 Å². The van der Waals surface area contributed by atoms with Crippen molar-refractivity contribution in [3.05, 3.63) is 42.0 Å². The van der Waals surface area contributed by atoms with Crippen molar-refractivity contribution >= 4 is 21.6 Å². The zero-order valence-corrected chi connectivity index (χ0v) is 10.5. The summed E-state index contributed by atoms with van der Waals surface area (Å²) in [5, 5.41) is 0. The van der Waals surface area contributed by atoms with Gasteiger partial charge in [0.25, 0.3) is 0 Å². The molecular formula is C11H14O4Si. The average molecular weight is 238 g/mol. The average Bonchev–Trinajstić information content (AvgIpc) is 2.35. The highest BCUT2D eigenvalue weighted by Gasteiger charge is 2.19. The van der Waals surface area contributed by atoms with Crippen molar-refractivity contribution in [2.45, 2.75) is 0 Å². The molecule has 0 spiro atoms. The molecule has 0 atom stereocenters. The number of hydrogen-bond donors (Lipinski definition) is 0. The summed E-state index contributed by atoms with van der Waals surface area (Å²) in [6.07, 6.45) is 1.60. The molecule has 0 N–H and O–H groups in total. The fourth-order valence-corrected chi connectivity index (χ4v) is 1.89. The number of rotatable bonds is 5. The van der Waals surface area contributed by atoms with Crippen LogP contribution in [0, 0.1) is 0 Å². The van der Waals surface area contributed by atoms with Gasteiger partial charge in [0.15, 0.2) is 0 Å². The molecule has 86 valence electrons. The van der Waals surface area contributed by atoms with Crippen LogP contribution in [0.25, 0.3) is 6.08 Å². The SMILES string of the molecule is C=Cc1ccccc1C(=O)O[SiH](OC)OC. The first-order valence-corrected chi connectivity index (χ1v) is 6.12. The summed E-state index contributed by atoms with van der Waals surface area (Å²) < 4.78 is 14.9. The number of carbonyl (C=O) groups excluding carboxylic acids is 1. The van der Waals surface area contributed by atoms with Gasteiger partial charge in [0.1, 0.15) is 0 Å². The van der Waals surface area contributed by atoms with Gasteiger partial charge in [-0.3, -0.25) is 0 Å². The summed E-state index contributed by atoms with van der Waals surface area (Å²) in [4.78, 5) is 11.8. The lowest BCUT2D eigenvalue weighted by atomic mass is 10.1. The highest BCUT2D eigenvalue weighted by Crippen LogP contribution is 2.12. The maximum absolute atomic E-state index is 11.8. The molecule has 1 rings (SSSR count). The lowest BCUT2D eigenvalue weighted by Crippen LogP contribution is -2.27. The van der Waals surface area contributed by atoms with E-state index in [0.717, 1.165) is 5.56 Å². The van der Waals surface area contributed by atoms with Gasteiger partial charge in [0, 0.05) is 14.2 Å². The highest BCUT2D eigenvalue weighted by molar-refractivity contribution is 6.39. The van der Waals surface area contributed by atoms with Crippen molar-refractivity contribution < 1.29 is 18.1 Å². The van der Waals surface area contributed by atoms with Crippen LogP contribution in [-0.4, -0.2) is 29.7 Å². The third kappa shape index (κ3) is 3.03. The molecule has 0 heterocycles. The molecule has 0 saturated carbocycles. The van der Waals surface area contributed by atoms with E-state index >= 15 is 0 Å². The summed E-state index contributed by atoms with van der Waals surface area (Å²) in [6.45, 7) is 3.63. The summed E-state index contributed by atoms with van der Waals surface area (Å²) in [6, 6.07) is 7.06. The fraction of sp³-hybridized carbons (Fsp3) is 0.182. The Morgan fingerprint density at radius 1 is 1.31 bits per heavy atom. The van der Waals surface area contributed by atoms with E-state index in [2.05, 4.69) is 6.58 Å². The van der Waals surface area contributed by atoms with Gasteiger partial charge in [-0.05, 0) is 11.6 Å². The van der Waals surface area contributed by atoms with Crippen LogP contribution in [0.5, 0.6) is 0 Å². The maximum atomic E-state index is 11.8. The van der Waals surface area contributed by atoms with Gasteiger partial charge in [0.05, 0.1) is 5.56 Å². The minimum atomic E-state index is -2.34. The molecule has 0 amide bonds. The Morgan fingerprint density at radius 2 is 1.94 bits per heavy atom. The minimum absolute atomic E-state index is 0.448. The van der Waals surface area contributed by atoms with Crippen molar-refractivity contribution in [1.82, 2.24) is 0 Å². The molecule has 0 bridgehead atoms. The molecule has 0 unspecified atom stereocenters. The zero-order chi connectivity index (χ0) is 12.0. The van der Waals surface area contributed by atoms with Gasteiger partial charge in [-0.1, -0.05) is 30.9 Å². The Morgan fingerprint density at radius 3 is 2.50 bits per heavy atom. The molecule has 5 heteroatoms. The van der Waals surface area contributed by atoms with Crippen LogP contribution in [0.1, 0.15) is 15.9 Å². The first-order valence-electron chi connectivity index (χ1n) is 4.71. The van der Waals surface area contributed by atoms with E-state index in [9.17, 15) is 4.79 Å². The summed E-state index contributed by atoms with van der Waals surface area (Å²) >= 11 is 0. The normalized spacial score (nSPS) is 10.2. The van der Waals surface area contributed by atoms with Crippen molar-refractivity contribution in [2.75, 3.05) is 14.2 Å². The van der Waals surface area contributed by atoms with E-state index in [0.29, 0.717) is 5.56 Å². The van der Waals surface area contributed by atoms with Crippen molar-refractivity contribution in [1.29, 1.82) is 0 Å². The van der Waals surface area contributed by atoms with E-state index < -0.39 is 15.5 Å². The van der Waals surface area contributed by atoms with Gasteiger partial charge >= 0.3 is 15.5 Å². The largest absolute Gasteiger partial charge is 0.551 e. The Balaban J connectivity index is 2.83. The molecule has 0 aromatic heterocycles. The molecule has 0 fully saturated rings. The summed E-state index contributed by atoms with van der Waals surface area (Å²) in [5.74, 6) is -0.448. The van der Waals surface area contributed by atoms with E-state index in [4.69, 9.17) is 13.3 Å². The Labute approximate surface area is 96.4 Å².